The van der Waals surface area contributed by atoms with Gasteiger partial charge in [-0.05, 0) is 17.7 Å². The molecule has 0 aliphatic heterocycles. The van der Waals surface area contributed by atoms with E-state index in [-0.39, 0.29) is 0 Å². The van der Waals surface area contributed by atoms with Crippen LogP contribution in [0.5, 0.6) is 0 Å². The summed E-state index contributed by atoms with van der Waals surface area (Å²) in [6, 6.07) is 6.77. The highest BCUT2D eigenvalue weighted by Crippen LogP contribution is 2.14. The zero-order chi connectivity index (χ0) is 14.5. The molecule has 2 rings (SSSR count). The number of nitrogens with zero attached hydrogens (tertiary/aromatic N) is 2. The number of carbonyl (C=O) groups excluding carboxylic acids is 1. The number of aliphatic carboxylic acids is 1. The van der Waals surface area contributed by atoms with Crippen molar-refractivity contribution >= 4 is 17.7 Å². The Morgan fingerprint density at radius 2 is 2.20 bits per heavy atom. The quantitative estimate of drug-likeness (QED) is 0.739. The van der Waals surface area contributed by atoms with Gasteiger partial charge in [-0.25, -0.2) is 4.98 Å². The second-order valence-electron chi connectivity index (χ2n) is 4.13. The number of rotatable bonds is 5. The molecule has 0 bridgehead atoms. The summed E-state index contributed by atoms with van der Waals surface area (Å²) in [7, 11) is 0. The molecule has 0 saturated heterocycles. The summed E-state index contributed by atoms with van der Waals surface area (Å²) in [5.41, 5.74) is 6.72. The highest BCUT2D eigenvalue weighted by molar-refractivity contribution is 6.07. The molecule has 1 aromatic heterocycles. The van der Waals surface area contributed by atoms with Crippen molar-refractivity contribution in [3.8, 4) is 0 Å². The molecule has 7 nitrogen and oxygen atoms in total. The summed E-state index contributed by atoms with van der Waals surface area (Å²) in [5, 5.41) is 8.93. The van der Waals surface area contributed by atoms with Gasteiger partial charge in [-0.1, -0.05) is 12.1 Å². The number of hydrogen-bond donors (Lipinski definition) is 3. The smallest absolute Gasteiger partial charge is 0.323 e. The van der Waals surface area contributed by atoms with E-state index in [0.717, 1.165) is 10.5 Å². The first-order valence-electron chi connectivity index (χ1n) is 5.93. The number of carbonyl (C=O) groups is 2. The molecular formula is C13H14N4O3. The molecule has 1 heterocycles. The number of amides is 1. The normalized spacial score (nSPS) is 10.2. The van der Waals surface area contributed by atoms with Gasteiger partial charge >= 0.3 is 5.97 Å². The van der Waals surface area contributed by atoms with Crippen molar-refractivity contribution in [3.63, 3.8) is 0 Å². The minimum absolute atomic E-state index is 0.310. The number of aromatic nitrogens is 2. The summed E-state index contributed by atoms with van der Waals surface area (Å²) in [4.78, 5) is 31.0. The molecule has 0 saturated carbocycles. The van der Waals surface area contributed by atoms with Gasteiger partial charge in [-0.3, -0.25) is 14.5 Å². The summed E-state index contributed by atoms with van der Waals surface area (Å²) in [6.45, 7) is -0.141. The molecule has 20 heavy (non-hydrogen) atoms. The molecule has 0 aliphatic carbocycles. The molecule has 2 aromatic rings. The minimum atomic E-state index is -1.11. The molecule has 104 valence electrons. The average molecular weight is 274 g/mol. The number of hydrogen-bond acceptors (Lipinski definition) is 4. The van der Waals surface area contributed by atoms with E-state index in [1.54, 1.807) is 24.3 Å². The third-order valence-corrected chi connectivity index (χ3v) is 2.72. The minimum Gasteiger partial charge on any atom is -0.480 e. The van der Waals surface area contributed by atoms with Crippen LogP contribution in [-0.4, -0.2) is 33.5 Å². The Morgan fingerprint density at radius 3 is 2.80 bits per heavy atom. The van der Waals surface area contributed by atoms with Crippen molar-refractivity contribution in [2.24, 2.45) is 5.73 Å². The largest absolute Gasteiger partial charge is 0.480 e. The first-order valence-corrected chi connectivity index (χ1v) is 5.93. The molecular weight excluding hydrogens is 260 g/mol. The van der Waals surface area contributed by atoms with Crippen LogP contribution in [0.4, 0.5) is 5.82 Å². The molecule has 4 N–H and O–H groups in total. The molecule has 0 atom stereocenters. The number of anilines is 1. The Bertz CT molecular complexity index is 610. The van der Waals surface area contributed by atoms with E-state index < -0.39 is 18.4 Å². The Morgan fingerprint density at radius 1 is 1.40 bits per heavy atom. The van der Waals surface area contributed by atoms with Crippen molar-refractivity contribution in [1.29, 1.82) is 0 Å². The summed E-state index contributed by atoms with van der Waals surface area (Å²) in [5.74, 6) is -1.20. The summed E-state index contributed by atoms with van der Waals surface area (Å²) < 4.78 is 0. The van der Waals surface area contributed by atoms with Crippen molar-refractivity contribution in [1.82, 2.24) is 9.97 Å². The fraction of sp³-hybridized carbons (Fsp3) is 0.154. The van der Waals surface area contributed by atoms with Crippen LogP contribution in [0.3, 0.4) is 0 Å². The van der Waals surface area contributed by atoms with E-state index in [0.29, 0.717) is 17.9 Å². The zero-order valence-electron chi connectivity index (χ0n) is 10.6. The molecule has 0 fully saturated rings. The number of benzene rings is 1. The van der Waals surface area contributed by atoms with Gasteiger partial charge in [-0.2, -0.15) is 0 Å². The van der Waals surface area contributed by atoms with Crippen LogP contribution in [0, 0.1) is 0 Å². The lowest BCUT2D eigenvalue weighted by molar-refractivity contribution is -0.135. The Balaban J connectivity index is 2.32. The second kappa shape index (κ2) is 5.98. The number of carboxylic acids is 1. The van der Waals surface area contributed by atoms with Crippen molar-refractivity contribution < 1.29 is 14.7 Å². The van der Waals surface area contributed by atoms with Crippen LogP contribution in [0.2, 0.25) is 0 Å². The van der Waals surface area contributed by atoms with E-state index in [9.17, 15) is 9.59 Å². The van der Waals surface area contributed by atoms with Gasteiger partial charge in [0.05, 0.1) is 12.5 Å². The van der Waals surface area contributed by atoms with Gasteiger partial charge in [0.25, 0.3) is 5.91 Å². The van der Waals surface area contributed by atoms with Gasteiger partial charge in [0, 0.05) is 12.1 Å². The SMILES string of the molecule is NCc1cccc(C(=O)N(CC(=O)O)c2cnc[nH]2)c1. The first-order chi connectivity index (χ1) is 9.61. The molecule has 7 heteroatoms. The number of nitrogens with two attached hydrogens (primary N) is 1. The lowest BCUT2D eigenvalue weighted by Crippen LogP contribution is -2.36. The highest BCUT2D eigenvalue weighted by Gasteiger charge is 2.21. The van der Waals surface area contributed by atoms with Crippen molar-refractivity contribution in [2.45, 2.75) is 6.54 Å². The summed E-state index contributed by atoms with van der Waals surface area (Å²) >= 11 is 0. The summed E-state index contributed by atoms with van der Waals surface area (Å²) in [6.07, 6.45) is 2.78. The number of H-pyrrole nitrogens is 1. The van der Waals surface area contributed by atoms with E-state index in [1.165, 1.54) is 12.5 Å². The molecule has 1 aromatic carbocycles. The van der Waals surface area contributed by atoms with Crippen molar-refractivity contribution in [2.75, 3.05) is 11.4 Å². The van der Waals surface area contributed by atoms with Gasteiger partial charge in [0.15, 0.2) is 0 Å². The van der Waals surface area contributed by atoms with Gasteiger partial charge < -0.3 is 15.8 Å². The Labute approximate surface area is 115 Å². The van der Waals surface area contributed by atoms with E-state index >= 15 is 0 Å². The maximum atomic E-state index is 12.4. The third kappa shape index (κ3) is 3.01. The number of nitrogens with one attached hydrogen (secondary N) is 1. The predicted octanol–water partition coefficient (Wildman–Crippen LogP) is 0.600. The maximum absolute atomic E-state index is 12.4. The lowest BCUT2D eigenvalue weighted by Gasteiger charge is -2.18. The molecule has 0 aliphatic rings. The van der Waals surface area contributed by atoms with Crippen LogP contribution in [0.15, 0.2) is 36.8 Å². The van der Waals surface area contributed by atoms with Crippen molar-refractivity contribution in [3.05, 3.63) is 47.9 Å². The van der Waals surface area contributed by atoms with Crippen LogP contribution in [0.25, 0.3) is 0 Å². The van der Waals surface area contributed by atoms with E-state index in [2.05, 4.69) is 9.97 Å². The first kappa shape index (κ1) is 13.8. The predicted molar refractivity (Wildman–Crippen MR) is 72.2 cm³/mol. The second-order valence-corrected chi connectivity index (χ2v) is 4.13. The van der Waals surface area contributed by atoms with Crippen LogP contribution in [0.1, 0.15) is 15.9 Å². The Kier molecular flexibility index (Phi) is 4.11. The fourth-order valence-electron chi connectivity index (χ4n) is 1.78. The number of imidazole rings is 1. The lowest BCUT2D eigenvalue weighted by atomic mass is 10.1. The topological polar surface area (TPSA) is 112 Å². The monoisotopic (exact) mass is 274 g/mol. The number of aromatic amines is 1. The average Bonchev–Trinajstić information content (AvgIpc) is 2.98. The fourth-order valence-corrected chi connectivity index (χ4v) is 1.78. The highest BCUT2D eigenvalue weighted by atomic mass is 16.4. The zero-order valence-corrected chi connectivity index (χ0v) is 10.6. The molecule has 0 radical (unpaired) electrons. The maximum Gasteiger partial charge on any atom is 0.323 e. The number of carboxylic acid groups (broad SMARTS) is 1. The van der Waals surface area contributed by atoms with E-state index in [4.69, 9.17) is 10.8 Å². The molecule has 0 unspecified atom stereocenters. The third-order valence-electron chi connectivity index (χ3n) is 2.72. The van der Waals surface area contributed by atoms with Gasteiger partial charge in [0.1, 0.15) is 12.4 Å². The Hall–Kier alpha value is -2.67. The molecule has 0 spiro atoms. The van der Waals surface area contributed by atoms with Gasteiger partial charge in [-0.15, -0.1) is 0 Å². The van der Waals surface area contributed by atoms with Crippen LogP contribution >= 0.6 is 0 Å². The van der Waals surface area contributed by atoms with E-state index in [1.807, 2.05) is 0 Å². The van der Waals surface area contributed by atoms with Gasteiger partial charge in [0.2, 0.25) is 0 Å². The standard InChI is InChI=1S/C13H14N4O3/c14-5-9-2-1-3-10(4-9)13(20)17(7-12(18)19)11-6-15-8-16-11/h1-4,6,8H,5,7,14H2,(H,15,16)(H,18,19). The van der Waals surface area contributed by atoms with Crippen LogP contribution in [-0.2, 0) is 11.3 Å². The van der Waals surface area contributed by atoms with Crippen LogP contribution < -0.4 is 10.6 Å². The molecule has 1 amide bonds.